The van der Waals surface area contributed by atoms with Crippen molar-refractivity contribution in [2.75, 3.05) is 11.9 Å². The minimum absolute atomic E-state index is 0.00679. The van der Waals surface area contributed by atoms with Crippen molar-refractivity contribution in [2.45, 2.75) is 41.7 Å². The fourth-order valence-electron chi connectivity index (χ4n) is 7.06. The van der Waals surface area contributed by atoms with Crippen molar-refractivity contribution in [3.8, 4) is 0 Å². The van der Waals surface area contributed by atoms with Crippen LogP contribution in [0.25, 0.3) is 11.0 Å². The second kappa shape index (κ2) is 10.9. The number of likely N-dealkylation sites (tertiary alicyclic amines) is 1. The van der Waals surface area contributed by atoms with Gasteiger partial charge in [0.25, 0.3) is 0 Å². The number of hydrogen-bond acceptors (Lipinski definition) is 7. The van der Waals surface area contributed by atoms with Gasteiger partial charge in [-0.1, -0.05) is 81.8 Å². The topological polar surface area (TPSA) is 139 Å². The van der Waals surface area contributed by atoms with Crippen LogP contribution in [0.15, 0.2) is 84.9 Å². The molecule has 1 spiro atoms. The molecule has 220 valence electrons. The summed E-state index contributed by atoms with van der Waals surface area (Å²) in [6.45, 7) is -0.412. The standard InChI is InChI=1S/C31H29BrN6O5/c32-20-15-31-25(24(26(20)43-31)28(40)34-19-11-5-2-6-12-19)30(42)38(23(16-39)18-9-3-1-4-10-18)27(31)29(41)33-17-37-22-14-8-7-13-21(22)35-36-37/h1-14,20,23-27,39H,15-17H2,(H,33,41)(H,34,40)/t20?,23-,24-,25+,26-,27?,31?/m1/s1. The summed E-state index contributed by atoms with van der Waals surface area (Å²) in [5.74, 6) is -2.98. The molecule has 2 bridgehead atoms. The molecular weight excluding hydrogens is 616 g/mol. The minimum atomic E-state index is -1.29. The van der Waals surface area contributed by atoms with Crippen molar-refractivity contribution in [3.63, 3.8) is 0 Å². The molecule has 0 radical (unpaired) electrons. The van der Waals surface area contributed by atoms with E-state index >= 15 is 0 Å². The fourth-order valence-corrected chi connectivity index (χ4v) is 8.01. The summed E-state index contributed by atoms with van der Waals surface area (Å²) in [5, 5.41) is 24.8. The van der Waals surface area contributed by atoms with Gasteiger partial charge in [-0.05, 0) is 36.2 Å². The van der Waals surface area contributed by atoms with E-state index in [1.807, 2.05) is 72.8 Å². The minimum Gasteiger partial charge on any atom is -0.394 e. The molecule has 12 heteroatoms. The van der Waals surface area contributed by atoms with Crippen LogP contribution >= 0.6 is 15.9 Å². The number of aliphatic hydroxyl groups excluding tert-OH is 1. The fraction of sp³-hybridized carbons (Fsp3) is 0.323. The largest absolute Gasteiger partial charge is 0.394 e. The lowest BCUT2D eigenvalue weighted by Crippen LogP contribution is -2.56. The number of para-hydroxylation sites is 2. The van der Waals surface area contributed by atoms with Crippen molar-refractivity contribution >= 4 is 50.4 Å². The van der Waals surface area contributed by atoms with Crippen molar-refractivity contribution < 1.29 is 24.2 Å². The van der Waals surface area contributed by atoms with Gasteiger partial charge < -0.3 is 25.4 Å². The lowest BCUT2D eigenvalue weighted by Gasteiger charge is -2.37. The molecule has 7 atom stereocenters. The highest BCUT2D eigenvalue weighted by molar-refractivity contribution is 9.09. The van der Waals surface area contributed by atoms with Gasteiger partial charge in [-0.25, -0.2) is 4.68 Å². The Morgan fingerprint density at radius 3 is 2.47 bits per heavy atom. The van der Waals surface area contributed by atoms with Crippen LogP contribution in [0.4, 0.5) is 5.69 Å². The molecular formula is C31H29BrN6O5. The Morgan fingerprint density at radius 1 is 1.02 bits per heavy atom. The number of carbonyl (C=O) groups is 3. The highest BCUT2D eigenvalue weighted by atomic mass is 79.9. The zero-order valence-electron chi connectivity index (χ0n) is 22.9. The van der Waals surface area contributed by atoms with E-state index in [1.165, 1.54) is 4.90 Å². The quantitative estimate of drug-likeness (QED) is 0.251. The molecule has 3 aliphatic rings. The summed E-state index contributed by atoms with van der Waals surface area (Å²) < 4.78 is 8.16. The number of nitrogens with zero attached hydrogens (tertiary/aromatic N) is 4. The zero-order chi connectivity index (χ0) is 29.7. The number of ether oxygens (including phenoxy) is 1. The Kier molecular flexibility index (Phi) is 6.99. The van der Waals surface area contributed by atoms with Crippen molar-refractivity contribution in [1.82, 2.24) is 25.2 Å². The van der Waals surface area contributed by atoms with Crippen LogP contribution in [0.5, 0.6) is 0 Å². The van der Waals surface area contributed by atoms with Gasteiger partial charge in [0.15, 0.2) is 0 Å². The van der Waals surface area contributed by atoms with E-state index in [2.05, 4.69) is 36.9 Å². The highest BCUT2D eigenvalue weighted by Crippen LogP contribution is 2.61. The van der Waals surface area contributed by atoms with Crippen molar-refractivity contribution in [1.29, 1.82) is 0 Å². The van der Waals surface area contributed by atoms with Crippen LogP contribution in [-0.2, 0) is 25.8 Å². The van der Waals surface area contributed by atoms with Gasteiger partial charge in [-0.15, -0.1) is 5.10 Å². The number of anilines is 1. The molecule has 0 aliphatic carbocycles. The molecule has 7 rings (SSSR count). The molecule has 11 nitrogen and oxygen atoms in total. The first-order valence-electron chi connectivity index (χ1n) is 14.1. The maximum absolute atomic E-state index is 14.5. The summed E-state index contributed by atoms with van der Waals surface area (Å²) in [5.41, 5.74) is 1.41. The Bertz CT molecular complexity index is 1690. The average molecular weight is 646 g/mol. The number of alkyl halides is 1. The Morgan fingerprint density at radius 2 is 1.72 bits per heavy atom. The lowest BCUT2D eigenvalue weighted by molar-refractivity contribution is -0.145. The normalized spacial score (nSPS) is 28.2. The van der Waals surface area contributed by atoms with Gasteiger partial charge in [-0.3, -0.25) is 14.4 Å². The van der Waals surface area contributed by atoms with Crippen LogP contribution in [0.3, 0.4) is 0 Å². The molecule has 3 fully saturated rings. The smallest absolute Gasteiger partial charge is 0.247 e. The number of halogens is 1. The molecule has 4 heterocycles. The summed E-state index contributed by atoms with van der Waals surface area (Å²) in [6, 6.07) is 23.6. The van der Waals surface area contributed by atoms with Crippen LogP contribution in [0.2, 0.25) is 0 Å². The number of hydrogen-bond donors (Lipinski definition) is 3. The van der Waals surface area contributed by atoms with E-state index in [0.29, 0.717) is 23.2 Å². The third kappa shape index (κ3) is 4.43. The van der Waals surface area contributed by atoms with E-state index in [0.717, 1.165) is 5.52 Å². The monoisotopic (exact) mass is 644 g/mol. The lowest BCUT2D eigenvalue weighted by atomic mass is 9.70. The number of rotatable bonds is 8. The first-order valence-corrected chi connectivity index (χ1v) is 15.1. The van der Waals surface area contributed by atoms with Crippen LogP contribution in [0.1, 0.15) is 18.0 Å². The summed E-state index contributed by atoms with van der Waals surface area (Å²) >= 11 is 3.70. The van der Waals surface area contributed by atoms with E-state index in [-0.39, 0.29) is 17.4 Å². The predicted octanol–water partition coefficient (Wildman–Crippen LogP) is 2.63. The predicted molar refractivity (Wildman–Crippen MR) is 160 cm³/mol. The molecule has 3 aliphatic heterocycles. The van der Waals surface area contributed by atoms with Gasteiger partial charge in [0.05, 0.1) is 36.1 Å². The second-order valence-corrected chi connectivity index (χ2v) is 12.3. The highest BCUT2D eigenvalue weighted by Gasteiger charge is 2.77. The van der Waals surface area contributed by atoms with Gasteiger partial charge in [0.2, 0.25) is 17.7 Å². The molecule has 3 N–H and O–H groups in total. The molecule has 0 saturated carbocycles. The van der Waals surface area contributed by atoms with E-state index in [4.69, 9.17) is 4.74 Å². The number of carbonyl (C=O) groups excluding carboxylic acids is 3. The summed E-state index contributed by atoms with van der Waals surface area (Å²) in [6.07, 6.45) is -0.268. The third-order valence-corrected chi connectivity index (χ3v) is 9.68. The van der Waals surface area contributed by atoms with Gasteiger partial charge >= 0.3 is 0 Å². The molecule has 4 aromatic rings. The van der Waals surface area contributed by atoms with Crippen molar-refractivity contribution in [2.24, 2.45) is 11.8 Å². The second-order valence-electron chi connectivity index (χ2n) is 11.2. The maximum Gasteiger partial charge on any atom is 0.247 e. The van der Waals surface area contributed by atoms with Crippen LogP contribution in [0, 0.1) is 11.8 Å². The van der Waals surface area contributed by atoms with E-state index < -0.39 is 54.0 Å². The van der Waals surface area contributed by atoms with E-state index in [1.54, 1.807) is 16.8 Å². The molecule has 43 heavy (non-hydrogen) atoms. The summed E-state index contributed by atoms with van der Waals surface area (Å²) in [7, 11) is 0. The number of benzene rings is 3. The van der Waals surface area contributed by atoms with Crippen molar-refractivity contribution in [3.05, 3.63) is 90.5 Å². The first kappa shape index (κ1) is 27.7. The number of amides is 3. The van der Waals surface area contributed by atoms with Gasteiger partial charge in [0.1, 0.15) is 23.8 Å². The SMILES string of the molecule is O=C(NCn1nnc2ccccc21)C1N([C@H](CO)c2ccccc2)C(=O)[C@@H]2[C@@H](C(=O)Nc3ccccc3)[C@@H]3OC12CC3Br. The summed E-state index contributed by atoms with van der Waals surface area (Å²) in [4.78, 5) is 43.7. The molecule has 3 unspecified atom stereocenters. The molecule has 3 saturated heterocycles. The Hall–Kier alpha value is -4.13. The van der Waals surface area contributed by atoms with E-state index in [9.17, 15) is 19.5 Å². The number of aliphatic hydroxyl groups is 1. The Balaban J connectivity index is 1.26. The van der Waals surface area contributed by atoms with Crippen LogP contribution < -0.4 is 10.6 Å². The number of nitrogens with one attached hydrogen (secondary N) is 2. The zero-order valence-corrected chi connectivity index (χ0v) is 24.5. The molecule has 3 amide bonds. The Labute approximate surface area is 255 Å². The third-order valence-electron chi connectivity index (χ3n) is 8.84. The molecule has 1 aromatic heterocycles. The van der Waals surface area contributed by atoms with Crippen LogP contribution in [-0.4, -0.2) is 71.9 Å². The van der Waals surface area contributed by atoms with Gasteiger partial charge in [0, 0.05) is 10.5 Å². The van der Waals surface area contributed by atoms with Gasteiger partial charge in [-0.2, -0.15) is 0 Å². The maximum atomic E-state index is 14.5. The number of fused-ring (bicyclic) bond motifs is 2. The molecule has 3 aromatic carbocycles. The first-order chi connectivity index (χ1) is 20.9. The average Bonchev–Trinajstić information content (AvgIpc) is 3.75. The number of aromatic nitrogens is 3.